The molecule has 0 atom stereocenters. The predicted molar refractivity (Wildman–Crippen MR) is 65.4 cm³/mol. The van der Waals surface area contributed by atoms with Gasteiger partial charge in [0.1, 0.15) is 5.71 Å². The molecule has 0 saturated carbocycles. The van der Waals surface area contributed by atoms with Gasteiger partial charge >= 0.3 is 0 Å². The van der Waals surface area contributed by atoms with E-state index in [1.807, 2.05) is 42.5 Å². The van der Waals surface area contributed by atoms with Crippen LogP contribution in [0.3, 0.4) is 0 Å². The van der Waals surface area contributed by atoms with E-state index in [1.165, 1.54) is 0 Å². The lowest BCUT2D eigenvalue weighted by atomic mass is 10.1. The van der Waals surface area contributed by atoms with Gasteiger partial charge in [0.15, 0.2) is 5.84 Å². The molecule has 0 aromatic heterocycles. The molecule has 3 nitrogen and oxygen atoms in total. The number of aliphatic imine (C=N–C) groups is 2. The fourth-order valence-corrected chi connectivity index (χ4v) is 1.70. The molecule has 0 fully saturated rings. The minimum Gasteiger partial charge on any atom is -0.299 e. The quantitative estimate of drug-likeness (QED) is 0.687. The first-order valence-electron chi connectivity index (χ1n) is 5.05. The molecule has 2 aliphatic rings. The second kappa shape index (κ2) is 3.38. The Hall–Kier alpha value is -2.29. The first kappa shape index (κ1) is 8.97. The van der Waals surface area contributed by atoms with E-state index in [4.69, 9.17) is 5.41 Å². The largest absolute Gasteiger partial charge is 0.299 e. The topological polar surface area (TPSA) is 48.6 Å². The highest BCUT2D eigenvalue weighted by atomic mass is 15.0. The van der Waals surface area contributed by atoms with Gasteiger partial charge in [-0.15, -0.1) is 0 Å². The molecule has 1 aromatic carbocycles. The van der Waals surface area contributed by atoms with Crippen molar-refractivity contribution in [3.63, 3.8) is 0 Å². The van der Waals surface area contributed by atoms with Gasteiger partial charge in [-0.1, -0.05) is 36.4 Å². The maximum atomic E-state index is 7.74. The van der Waals surface area contributed by atoms with Crippen LogP contribution in [0, 0.1) is 5.41 Å². The average Bonchev–Trinajstić information content (AvgIpc) is 2.76. The van der Waals surface area contributed by atoms with E-state index in [0.717, 1.165) is 11.3 Å². The van der Waals surface area contributed by atoms with E-state index in [9.17, 15) is 0 Å². The molecule has 1 N–H and O–H groups in total. The summed E-state index contributed by atoms with van der Waals surface area (Å²) in [6.45, 7) is 0. The Morgan fingerprint density at radius 2 is 1.81 bits per heavy atom. The van der Waals surface area contributed by atoms with Crippen LogP contribution in [0.25, 0.3) is 0 Å². The number of amidine groups is 1. The zero-order chi connectivity index (χ0) is 11.0. The molecule has 3 heteroatoms. The molecule has 1 aromatic rings. The number of hydrogen-bond donors (Lipinski definition) is 1. The third kappa shape index (κ3) is 1.34. The highest BCUT2D eigenvalue weighted by Gasteiger charge is 2.21. The van der Waals surface area contributed by atoms with Gasteiger partial charge in [0.05, 0.1) is 11.4 Å². The zero-order valence-electron chi connectivity index (χ0n) is 8.51. The normalized spacial score (nSPS) is 17.8. The van der Waals surface area contributed by atoms with E-state index in [2.05, 4.69) is 9.98 Å². The SMILES string of the molecule is N=C1C=CC=C2N=C(c3ccccc3)N=C12. The van der Waals surface area contributed by atoms with Crippen molar-refractivity contribution in [2.75, 3.05) is 0 Å². The van der Waals surface area contributed by atoms with Crippen LogP contribution >= 0.6 is 0 Å². The van der Waals surface area contributed by atoms with Crippen LogP contribution in [0.4, 0.5) is 0 Å². The standard InChI is InChI=1S/C13H9N3/c14-10-7-4-8-11-12(10)16-13(15-11)9-5-2-1-3-6-9/h1-8,14H. The molecular formula is C13H9N3. The number of benzene rings is 1. The second-order valence-electron chi connectivity index (χ2n) is 3.59. The summed E-state index contributed by atoms with van der Waals surface area (Å²) >= 11 is 0. The lowest BCUT2D eigenvalue weighted by Crippen LogP contribution is -2.12. The van der Waals surface area contributed by atoms with E-state index in [0.29, 0.717) is 17.3 Å². The maximum Gasteiger partial charge on any atom is 0.160 e. The van der Waals surface area contributed by atoms with Crippen molar-refractivity contribution >= 4 is 17.3 Å². The summed E-state index contributed by atoms with van der Waals surface area (Å²) in [4.78, 5) is 8.80. The van der Waals surface area contributed by atoms with Crippen LogP contribution < -0.4 is 0 Å². The van der Waals surface area contributed by atoms with Gasteiger partial charge in [-0.2, -0.15) is 0 Å². The summed E-state index contributed by atoms with van der Waals surface area (Å²) in [5.41, 5.74) is 2.86. The molecule has 1 aliphatic carbocycles. The minimum atomic E-state index is 0.423. The fraction of sp³-hybridized carbons (Fsp3) is 0. The molecule has 1 aliphatic heterocycles. The second-order valence-corrected chi connectivity index (χ2v) is 3.59. The summed E-state index contributed by atoms with van der Waals surface area (Å²) in [7, 11) is 0. The molecule has 1 heterocycles. The summed E-state index contributed by atoms with van der Waals surface area (Å²) in [6, 6.07) is 9.81. The summed E-state index contributed by atoms with van der Waals surface area (Å²) in [5.74, 6) is 0.690. The number of allylic oxidation sites excluding steroid dienone is 4. The Labute approximate surface area is 93.1 Å². The molecule has 16 heavy (non-hydrogen) atoms. The first-order valence-corrected chi connectivity index (χ1v) is 5.05. The van der Waals surface area contributed by atoms with Gasteiger partial charge in [-0.3, -0.25) is 5.41 Å². The van der Waals surface area contributed by atoms with E-state index in [1.54, 1.807) is 6.08 Å². The van der Waals surface area contributed by atoms with Crippen LogP contribution in [0.2, 0.25) is 0 Å². The summed E-state index contributed by atoms with van der Waals surface area (Å²) in [5, 5.41) is 7.74. The van der Waals surface area contributed by atoms with E-state index in [-0.39, 0.29) is 0 Å². The van der Waals surface area contributed by atoms with Crippen LogP contribution in [0.1, 0.15) is 5.56 Å². The number of rotatable bonds is 1. The van der Waals surface area contributed by atoms with Crippen molar-refractivity contribution in [1.29, 1.82) is 5.41 Å². The predicted octanol–water partition coefficient (Wildman–Crippen LogP) is 2.36. The molecule has 0 radical (unpaired) electrons. The van der Waals surface area contributed by atoms with Crippen molar-refractivity contribution in [1.82, 2.24) is 0 Å². The third-order valence-electron chi connectivity index (χ3n) is 2.49. The van der Waals surface area contributed by atoms with Gasteiger partial charge in [0.25, 0.3) is 0 Å². The van der Waals surface area contributed by atoms with Crippen molar-refractivity contribution < 1.29 is 0 Å². The minimum absolute atomic E-state index is 0.423. The van der Waals surface area contributed by atoms with Crippen LogP contribution in [0.15, 0.2) is 64.2 Å². The number of nitrogens with zero attached hydrogens (tertiary/aromatic N) is 2. The monoisotopic (exact) mass is 207 g/mol. The van der Waals surface area contributed by atoms with Gasteiger partial charge in [0.2, 0.25) is 0 Å². The smallest absolute Gasteiger partial charge is 0.160 e. The molecular weight excluding hydrogens is 198 g/mol. The molecule has 0 bridgehead atoms. The number of nitrogens with one attached hydrogen (secondary N) is 1. The van der Waals surface area contributed by atoms with Crippen LogP contribution in [-0.4, -0.2) is 17.3 Å². The molecule has 0 spiro atoms. The van der Waals surface area contributed by atoms with Gasteiger partial charge in [-0.05, 0) is 12.2 Å². The third-order valence-corrected chi connectivity index (χ3v) is 2.49. The zero-order valence-corrected chi connectivity index (χ0v) is 8.51. The van der Waals surface area contributed by atoms with Crippen molar-refractivity contribution in [2.45, 2.75) is 0 Å². The first-order chi connectivity index (χ1) is 7.84. The Morgan fingerprint density at radius 1 is 1.00 bits per heavy atom. The lowest BCUT2D eigenvalue weighted by Gasteiger charge is -2.01. The van der Waals surface area contributed by atoms with E-state index >= 15 is 0 Å². The van der Waals surface area contributed by atoms with Crippen molar-refractivity contribution in [3.8, 4) is 0 Å². The van der Waals surface area contributed by atoms with Crippen LogP contribution in [0.5, 0.6) is 0 Å². The van der Waals surface area contributed by atoms with Gasteiger partial charge in [-0.25, -0.2) is 9.98 Å². The average molecular weight is 207 g/mol. The van der Waals surface area contributed by atoms with Gasteiger partial charge < -0.3 is 0 Å². The highest BCUT2D eigenvalue weighted by Crippen LogP contribution is 2.18. The summed E-state index contributed by atoms with van der Waals surface area (Å²) in [6.07, 6.45) is 5.44. The molecule has 76 valence electrons. The summed E-state index contributed by atoms with van der Waals surface area (Å²) < 4.78 is 0. The molecule has 0 saturated heterocycles. The Balaban J connectivity index is 2.06. The lowest BCUT2D eigenvalue weighted by molar-refractivity contribution is 1.46. The molecule has 0 unspecified atom stereocenters. The highest BCUT2D eigenvalue weighted by molar-refractivity contribution is 6.54. The van der Waals surface area contributed by atoms with E-state index < -0.39 is 0 Å². The molecule has 3 rings (SSSR count). The van der Waals surface area contributed by atoms with Crippen molar-refractivity contribution in [2.24, 2.45) is 9.98 Å². The Morgan fingerprint density at radius 3 is 2.56 bits per heavy atom. The maximum absolute atomic E-state index is 7.74. The molecule has 0 amide bonds. The number of fused-ring (bicyclic) bond motifs is 1. The van der Waals surface area contributed by atoms with Crippen LogP contribution in [-0.2, 0) is 0 Å². The van der Waals surface area contributed by atoms with Crippen molar-refractivity contribution in [3.05, 3.63) is 59.8 Å². The Kier molecular flexibility index (Phi) is 1.90. The Bertz CT molecular complexity index is 574. The fourth-order valence-electron chi connectivity index (χ4n) is 1.70. The number of hydrogen-bond acceptors (Lipinski definition) is 3. The van der Waals surface area contributed by atoms with Gasteiger partial charge in [0, 0.05) is 5.56 Å².